The highest BCUT2D eigenvalue weighted by atomic mass is 79.9. The van der Waals surface area contributed by atoms with Crippen molar-refractivity contribution in [2.24, 2.45) is 5.92 Å². The first-order valence-corrected chi connectivity index (χ1v) is 7.07. The molecule has 19 heavy (non-hydrogen) atoms. The molecule has 3 rings (SSSR count). The number of fused-ring (bicyclic) bond motifs is 1. The van der Waals surface area contributed by atoms with E-state index < -0.39 is 0 Å². The van der Waals surface area contributed by atoms with Gasteiger partial charge in [0.15, 0.2) is 0 Å². The van der Waals surface area contributed by atoms with Gasteiger partial charge in [-0.3, -0.25) is 4.79 Å². The number of nitrogens with zero attached hydrogens (tertiary/aromatic N) is 3. The molecule has 2 aromatic rings. The van der Waals surface area contributed by atoms with Gasteiger partial charge in [-0.1, -0.05) is 11.6 Å². The van der Waals surface area contributed by atoms with Crippen molar-refractivity contribution in [1.29, 1.82) is 5.26 Å². The van der Waals surface area contributed by atoms with Gasteiger partial charge < -0.3 is 4.57 Å². The van der Waals surface area contributed by atoms with E-state index in [1.54, 1.807) is 10.6 Å². The lowest BCUT2D eigenvalue weighted by Crippen LogP contribution is -2.24. The molecule has 1 saturated carbocycles. The van der Waals surface area contributed by atoms with Gasteiger partial charge in [0.25, 0.3) is 5.56 Å². The molecular formula is C13H9BrClN3O. The average Bonchev–Trinajstić information content (AvgIpc) is 3.19. The Balaban J connectivity index is 2.38. The van der Waals surface area contributed by atoms with Gasteiger partial charge in [-0.25, -0.2) is 4.98 Å². The van der Waals surface area contributed by atoms with Gasteiger partial charge in [0.1, 0.15) is 21.8 Å². The summed E-state index contributed by atoms with van der Waals surface area (Å²) >= 11 is 9.40. The minimum absolute atomic E-state index is 0.0274. The number of rotatable bonds is 2. The second kappa shape index (κ2) is 4.62. The Hall–Kier alpha value is -1.38. The Labute approximate surface area is 122 Å². The second-order valence-corrected chi connectivity index (χ2v) is 5.85. The van der Waals surface area contributed by atoms with E-state index in [4.69, 9.17) is 16.9 Å². The van der Waals surface area contributed by atoms with Crippen LogP contribution in [0, 0.1) is 17.2 Å². The van der Waals surface area contributed by atoms with Crippen molar-refractivity contribution in [2.75, 3.05) is 0 Å². The molecule has 0 saturated heterocycles. The minimum Gasteiger partial charge on any atom is -0.305 e. The lowest BCUT2D eigenvalue weighted by Gasteiger charge is -2.11. The summed E-state index contributed by atoms with van der Waals surface area (Å²) in [6.07, 6.45) is 2.25. The van der Waals surface area contributed by atoms with E-state index in [-0.39, 0.29) is 16.1 Å². The van der Waals surface area contributed by atoms with Crippen molar-refractivity contribution in [3.63, 3.8) is 0 Å². The third-order valence-corrected chi connectivity index (χ3v) is 4.08. The summed E-state index contributed by atoms with van der Waals surface area (Å²) < 4.78 is 2.25. The predicted molar refractivity (Wildman–Crippen MR) is 76.2 cm³/mol. The Bertz CT molecular complexity index is 774. The topological polar surface area (TPSA) is 58.7 Å². The van der Waals surface area contributed by atoms with Gasteiger partial charge >= 0.3 is 0 Å². The molecule has 2 aromatic heterocycles. The zero-order valence-corrected chi connectivity index (χ0v) is 12.2. The molecule has 1 aliphatic rings. The highest BCUT2D eigenvalue weighted by Crippen LogP contribution is 2.32. The lowest BCUT2D eigenvalue weighted by atomic mass is 10.2. The monoisotopic (exact) mass is 337 g/mol. The van der Waals surface area contributed by atoms with Gasteiger partial charge in [0.2, 0.25) is 0 Å². The summed E-state index contributed by atoms with van der Waals surface area (Å²) in [7, 11) is 0. The summed E-state index contributed by atoms with van der Waals surface area (Å²) in [5.41, 5.74) is 0.827. The summed E-state index contributed by atoms with van der Waals surface area (Å²) in [4.78, 5) is 16.6. The molecule has 0 bridgehead atoms. The molecule has 1 aliphatic carbocycles. The van der Waals surface area contributed by atoms with Crippen molar-refractivity contribution in [1.82, 2.24) is 9.55 Å². The Morgan fingerprint density at radius 1 is 1.53 bits per heavy atom. The molecular weight excluding hydrogens is 330 g/mol. The molecule has 0 aliphatic heterocycles. The van der Waals surface area contributed by atoms with Crippen LogP contribution < -0.4 is 5.56 Å². The second-order valence-electron chi connectivity index (χ2n) is 4.66. The van der Waals surface area contributed by atoms with E-state index in [2.05, 4.69) is 20.9 Å². The number of hydrogen-bond donors (Lipinski definition) is 0. The maximum Gasteiger partial charge on any atom is 0.270 e. The molecule has 0 spiro atoms. The fourth-order valence-corrected chi connectivity index (χ4v) is 2.67. The molecule has 0 N–H and O–H groups in total. The van der Waals surface area contributed by atoms with Crippen molar-refractivity contribution < 1.29 is 0 Å². The maximum absolute atomic E-state index is 12.3. The first-order chi connectivity index (χ1) is 9.11. The molecule has 96 valence electrons. The number of aromatic nitrogens is 2. The van der Waals surface area contributed by atoms with Gasteiger partial charge in [-0.15, -0.1) is 0 Å². The highest BCUT2D eigenvalue weighted by Gasteiger charge is 2.25. The number of halogens is 2. The molecule has 0 atom stereocenters. The third kappa shape index (κ3) is 2.15. The molecule has 0 radical (unpaired) electrons. The number of nitriles is 1. The summed E-state index contributed by atoms with van der Waals surface area (Å²) in [5, 5.41) is 9.25. The normalized spacial score (nSPS) is 14.6. The number of hydrogen-bond acceptors (Lipinski definition) is 3. The molecule has 1 fully saturated rings. The molecule has 0 amide bonds. The van der Waals surface area contributed by atoms with Crippen LogP contribution in [0.2, 0.25) is 5.02 Å². The van der Waals surface area contributed by atoms with E-state index in [0.29, 0.717) is 28.1 Å². The summed E-state index contributed by atoms with van der Waals surface area (Å²) in [5.74, 6) is 0.525. The average molecular weight is 339 g/mol. The Morgan fingerprint density at radius 3 is 2.89 bits per heavy atom. The summed E-state index contributed by atoms with van der Waals surface area (Å²) in [6, 6.07) is 5.47. The Morgan fingerprint density at radius 2 is 2.26 bits per heavy atom. The van der Waals surface area contributed by atoms with Crippen molar-refractivity contribution in [3.05, 3.63) is 37.7 Å². The van der Waals surface area contributed by atoms with E-state index in [9.17, 15) is 4.79 Å². The molecule has 4 nitrogen and oxygen atoms in total. The highest BCUT2D eigenvalue weighted by molar-refractivity contribution is 9.10. The van der Waals surface area contributed by atoms with Crippen LogP contribution >= 0.6 is 27.5 Å². The largest absolute Gasteiger partial charge is 0.305 e. The minimum atomic E-state index is -0.323. The zero-order chi connectivity index (χ0) is 13.6. The number of pyridine rings is 2. The van der Waals surface area contributed by atoms with Gasteiger partial charge in [0, 0.05) is 6.54 Å². The van der Waals surface area contributed by atoms with E-state index in [0.717, 1.165) is 12.8 Å². The van der Waals surface area contributed by atoms with Crippen LogP contribution in [-0.2, 0) is 6.54 Å². The van der Waals surface area contributed by atoms with E-state index in [1.807, 2.05) is 12.1 Å². The van der Waals surface area contributed by atoms with Crippen LogP contribution in [0.5, 0.6) is 0 Å². The third-order valence-electron chi connectivity index (χ3n) is 3.27. The SMILES string of the molecule is N#Cc1c(Cl)c2nc(Br)ccc2n(CC2CC2)c1=O. The van der Waals surface area contributed by atoms with Crippen LogP contribution in [0.15, 0.2) is 21.5 Å². The van der Waals surface area contributed by atoms with Crippen molar-refractivity contribution in [3.8, 4) is 6.07 Å². The molecule has 2 heterocycles. The first-order valence-electron chi connectivity index (χ1n) is 5.90. The molecule has 0 aromatic carbocycles. The van der Waals surface area contributed by atoms with E-state index in [1.165, 1.54) is 0 Å². The lowest BCUT2D eigenvalue weighted by molar-refractivity contribution is 0.625. The van der Waals surface area contributed by atoms with Gasteiger partial charge in [-0.2, -0.15) is 5.26 Å². The summed E-state index contributed by atoms with van der Waals surface area (Å²) in [6.45, 7) is 0.629. The Kier molecular flexibility index (Phi) is 3.08. The first kappa shape index (κ1) is 12.6. The molecule has 6 heteroatoms. The zero-order valence-electron chi connectivity index (χ0n) is 9.86. The van der Waals surface area contributed by atoms with Crippen LogP contribution in [0.25, 0.3) is 11.0 Å². The van der Waals surface area contributed by atoms with Gasteiger partial charge in [0.05, 0.1) is 10.5 Å². The van der Waals surface area contributed by atoms with Crippen LogP contribution in [0.3, 0.4) is 0 Å². The van der Waals surface area contributed by atoms with E-state index >= 15 is 0 Å². The van der Waals surface area contributed by atoms with Crippen molar-refractivity contribution in [2.45, 2.75) is 19.4 Å². The smallest absolute Gasteiger partial charge is 0.270 e. The maximum atomic E-state index is 12.3. The standard InChI is InChI=1S/C13H9BrClN3O/c14-10-4-3-9-12(17-10)11(15)8(5-16)13(19)18(9)6-7-1-2-7/h3-4,7H,1-2,6H2. The van der Waals surface area contributed by atoms with Crippen LogP contribution in [0.1, 0.15) is 18.4 Å². The van der Waals surface area contributed by atoms with Gasteiger partial charge in [-0.05, 0) is 46.8 Å². The van der Waals surface area contributed by atoms with Crippen molar-refractivity contribution >= 4 is 38.6 Å². The van der Waals surface area contributed by atoms with Crippen LogP contribution in [0.4, 0.5) is 0 Å². The molecule has 0 unspecified atom stereocenters. The fourth-order valence-electron chi connectivity index (χ4n) is 2.10. The quantitative estimate of drug-likeness (QED) is 0.791. The van der Waals surface area contributed by atoms with Crippen LogP contribution in [-0.4, -0.2) is 9.55 Å². The fraction of sp³-hybridized carbons (Fsp3) is 0.308. The predicted octanol–water partition coefficient (Wildman–Crippen LogP) is 3.09.